The Morgan fingerprint density at radius 1 is 1.03 bits per heavy atom. The summed E-state index contributed by atoms with van der Waals surface area (Å²) in [7, 11) is -3.98. The molecule has 2 aromatic rings. The standard InChI is InChI=1S/C21H27BrF2NO3PS/c22-19-13-17(15-25-10-4-11-29(26,27)28)20(24)14-21(19)30-12-3-1-2-5-16-6-8-18(23)9-7-16/h6-9,13-14,25H,1-5,10-12,15H2,(H2,26,27,28). The molecule has 0 amide bonds. The van der Waals surface area contributed by atoms with E-state index in [1.807, 2.05) is 12.1 Å². The summed E-state index contributed by atoms with van der Waals surface area (Å²) in [5, 5.41) is 3.01. The molecule has 2 aromatic carbocycles. The number of benzene rings is 2. The van der Waals surface area contributed by atoms with Crippen molar-refractivity contribution in [2.75, 3.05) is 18.5 Å². The van der Waals surface area contributed by atoms with E-state index in [1.54, 1.807) is 17.8 Å². The molecule has 0 spiro atoms. The maximum absolute atomic E-state index is 14.3. The minimum atomic E-state index is -3.98. The summed E-state index contributed by atoms with van der Waals surface area (Å²) in [4.78, 5) is 18.5. The first-order valence-electron chi connectivity index (χ1n) is 9.85. The van der Waals surface area contributed by atoms with Gasteiger partial charge in [0.1, 0.15) is 11.6 Å². The van der Waals surface area contributed by atoms with Crippen LogP contribution >= 0.6 is 35.3 Å². The highest BCUT2D eigenvalue weighted by Crippen LogP contribution is 2.34. The Morgan fingerprint density at radius 3 is 2.47 bits per heavy atom. The minimum absolute atomic E-state index is 0.175. The van der Waals surface area contributed by atoms with E-state index in [0.29, 0.717) is 25.1 Å². The molecule has 30 heavy (non-hydrogen) atoms. The largest absolute Gasteiger partial charge is 0.325 e. The molecule has 0 atom stereocenters. The first-order valence-corrected chi connectivity index (χ1v) is 13.4. The van der Waals surface area contributed by atoms with Crippen LogP contribution in [-0.2, 0) is 17.5 Å². The van der Waals surface area contributed by atoms with E-state index < -0.39 is 7.60 Å². The van der Waals surface area contributed by atoms with Crippen LogP contribution in [-0.4, -0.2) is 28.2 Å². The number of aryl methyl sites for hydroxylation is 1. The lowest BCUT2D eigenvalue weighted by Gasteiger charge is -2.10. The third-order valence-electron chi connectivity index (χ3n) is 4.50. The highest BCUT2D eigenvalue weighted by Gasteiger charge is 2.12. The van der Waals surface area contributed by atoms with Gasteiger partial charge in [-0.25, -0.2) is 8.78 Å². The van der Waals surface area contributed by atoms with Gasteiger partial charge in [-0.3, -0.25) is 4.57 Å². The monoisotopic (exact) mass is 521 g/mol. The molecule has 0 bridgehead atoms. The molecule has 0 unspecified atom stereocenters. The van der Waals surface area contributed by atoms with Crippen molar-refractivity contribution < 1.29 is 23.1 Å². The van der Waals surface area contributed by atoms with Crippen molar-refractivity contribution in [3.8, 4) is 0 Å². The second-order valence-corrected chi connectivity index (χ2v) is 10.8. The molecule has 0 radical (unpaired) electrons. The number of rotatable bonds is 13. The van der Waals surface area contributed by atoms with Gasteiger partial charge in [0.25, 0.3) is 0 Å². The average molecular weight is 522 g/mol. The summed E-state index contributed by atoms with van der Waals surface area (Å²) in [5.41, 5.74) is 1.65. The fourth-order valence-corrected chi connectivity index (χ4v) is 5.15. The van der Waals surface area contributed by atoms with Crippen molar-refractivity contribution >= 4 is 35.3 Å². The van der Waals surface area contributed by atoms with Gasteiger partial charge >= 0.3 is 7.60 Å². The molecule has 0 aliphatic carbocycles. The summed E-state index contributed by atoms with van der Waals surface area (Å²) >= 11 is 5.11. The summed E-state index contributed by atoms with van der Waals surface area (Å²) in [6.07, 6.45) is 4.20. The number of hydrogen-bond acceptors (Lipinski definition) is 3. The Balaban J connectivity index is 1.67. The van der Waals surface area contributed by atoms with Crippen LogP contribution in [0.15, 0.2) is 45.8 Å². The quantitative estimate of drug-likeness (QED) is 0.174. The van der Waals surface area contributed by atoms with E-state index >= 15 is 0 Å². The van der Waals surface area contributed by atoms with Gasteiger partial charge in [0.15, 0.2) is 0 Å². The number of unbranched alkanes of at least 4 members (excludes halogenated alkanes) is 2. The molecule has 0 heterocycles. The highest BCUT2D eigenvalue weighted by molar-refractivity contribution is 9.10. The minimum Gasteiger partial charge on any atom is -0.324 e. The van der Waals surface area contributed by atoms with E-state index in [2.05, 4.69) is 21.2 Å². The highest BCUT2D eigenvalue weighted by atomic mass is 79.9. The summed E-state index contributed by atoms with van der Waals surface area (Å²) in [5.74, 6) is 0.385. The molecule has 3 N–H and O–H groups in total. The van der Waals surface area contributed by atoms with Crippen LogP contribution in [0.4, 0.5) is 8.78 Å². The summed E-state index contributed by atoms with van der Waals surface area (Å²) < 4.78 is 38.9. The van der Waals surface area contributed by atoms with Crippen molar-refractivity contribution in [3.05, 3.63) is 63.6 Å². The molecule has 0 aromatic heterocycles. The van der Waals surface area contributed by atoms with Gasteiger partial charge in [0, 0.05) is 21.5 Å². The van der Waals surface area contributed by atoms with E-state index in [1.165, 1.54) is 18.2 Å². The SMILES string of the molecule is O=P(O)(O)CCCNCc1cc(Br)c(SCCCCCc2ccc(F)cc2)cc1F. The van der Waals surface area contributed by atoms with Gasteiger partial charge in [-0.2, -0.15) is 0 Å². The third kappa shape index (κ3) is 10.0. The van der Waals surface area contributed by atoms with Crippen molar-refractivity contribution in [2.24, 2.45) is 0 Å². The van der Waals surface area contributed by atoms with Gasteiger partial charge < -0.3 is 15.1 Å². The van der Waals surface area contributed by atoms with E-state index in [-0.39, 0.29) is 17.8 Å². The lowest BCUT2D eigenvalue weighted by molar-refractivity contribution is 0.371. The van der Waals surface area contributed by atoms with Gasteiger partial charge in [0.05, 0.1) is 6.16 Å². The predicted octanol–water partition coefficient (Wildman–Crippen LogP) is 5.89. The Bertz CT molecular complexity index is 849. The Labute approximate surface area is 189 Å². The first kappa shape index (κ1) is 25.5. The second kappa shape index (κ2) is 12.9. The van der Waals surface area contributed by atoms with E-state index in [9.17, 15) is 13.3 Å². The molecule has 4 nitrogen and oxygen atoms in total. The lowest BCUT2D eigenvalue weighted by Crippen LogP contribution is -2.16. The van der Waals surface area contributed by atoms with Crippen LogP contribution in [0, 0.1) is 11.6 Å². The van der Waals surface area contributed by atoms with E-state index in [0.717, 1.165) is 46.4 Å². The third-order valence-corrected chi connectivity index (χ3v) is 7.46. The molecule has 9 heteroatoms. The average Bonchev–Trinajstić information content (AvgIpc) is 2.68. The normalized spacial score (nSPS) is 11.8. The molecule has 0 saturated heterocycles. The first-order chi connectivity index (χ1) is 14.2. The van der Waals surface area contributed by atoms with Crippen molar-refractivity contribution in [3.63, 3.8) is 0 Å². The van der Waals surface area contributed by atoms with Gasteiger partial charge in [-0.1, -0.05) is 18.6 Å². The molecule has 166 valence electrons. The lowest BCUT2D eigenvalue weighted by atomic mass is 10.1. The van der Waals surface area contributed by atoms with Crippen LogP contribution in [0.2, 0.25) is 0 Å². The molecular weight excluding hydrogens is 495 g/mol. The van der Waals surface area contributed by atoms with Crippen LogP contribution in [0.3, 0.4) is 0 Å². The molecule has 0 aliphatic rings. The maximum atomic E-state index is 14.3. The van der Waals surface area contributed by atoms with Gasteiger partial charge in [-0.15, -0.1) is 11.8 Å². The second-order valence-electron chi connectivity index (χ2n) is 7.08. The number of nitrogens with one attached hydrogen (secondary N) is 1. The zero-order chi connectivity index (χ0) is 22.0. The Morgan fingerprint density at radius 2 is 1.77 bits per heavy atom. The van der Waals surface area contributed by atoms with Crippen molar-refractivity contribution in [1.29, 1.82) is 0 Å². The number of thioether (sulfide) groups is 1. The van der Waals surface area contributed by atoms with Crippen LogP contribution in [0.1, 0.15) is 36.8 Å². The number of hydrogen-bond donors (Lipinski definition) is 3. The topological polar surface area (TPSA) is 69.6 Å². The fraction of sp³-hybridized carbons (Fsp3) is 0.429. The Kier molecular flexibility index (Phi) is 11.0. The van der Waals surface area contributed by atoms with Crippen molar-refractivity contribution in [2.45, 2.75) is 43.5 Å². The molecule has 2 rings (SSSR count). The molecular formula is C21H27BrF2NO3PS. The maximum Gasteiger partial charge on any atom is 0.325 e. The molecule has 0 saturated carbocycles. The van der Waals surface area contributed by atoms with Crippen LogP contribution in [0.25, 0.3) is 0 Å². The zero-order valence-electron chi connectivity index (χ0n) is 16.6. The van der Waals surface area contributed by atoms with E-state index in [4.69, 9.17) is 9.79 Å². The fourth-order valence-electron chi connectivity index (χ4n) is 2.89. The predicted molar refractivity (Wildman–Crippen MR) is 122 cm³/mol. The Hall–Kier alpha value is -0.760. The van der Waals surface area contributed by atoms with Crippen LogP contribution in [0.5, 0.6) is 0 Å². The number of halogens is 3. The van der Waals surface area contributed by atoms with Crippen molar-refractivity contribution in [1.82, 2.24) is 5.32 Å². The molecule has 0 aliphatic heterocycles. The smallest absolute Gasteiger partial charge is 0.324 e. The van der Waals surface area contributed by atoms with Gasteiger partial charge in [0.2, 0.25) is 0 Å². The zero-order valence-corrected chi connectivity index (χ0v) is 19.9. The molecule has 0 fully saturated rings. The van der Waals surface area contributed by atoms with Gasteiger partial charge in [-0.05, 0) is 83.7 Å². The summed E-state index contributed by atoms with van der Waals surface area (Å²) in [6.45, 7) is 0.719. The summed E-state index contributed by atoms with van der Waals surface area (Å²) in [6, 6.07) is 9.88. The van der Waals surface area contributed by atoms with Crippen LogP contribution < -0.4 is 5.32 Å².